The summed E-state index contributed by atoms with van der Waals surface area (Å²) >= 11 is 3.43. The molecule has 17 heavy (non-hydrogen) atoms. The molecule has 1 rings (SSSR count). The molecule has 0 bridgehead atoms. The van der Waals surface area contributed by atoms with Crippen molar-refractivity contribution < 1.29 is 9.13 Å². The van der Waals surface area contributed by atoms with Crippen LogP contribution in [-0.4, -0.2) is 11.9 Å². The SMILES string of the molecule is CC(C)(C)CCOC(CBr)c1ccc(F)cc1. The van der Waals surface area contributed by atoms with Crippen molar-refractivity contribution >= 4 is 15.9 Å². The second-order valence-corrected chi connectivity index (χ2v) is 6.02. The molecule has 0 amide bonds. The summed E-state index contributed by atoms with van der Waals surface area (Å²) in [7, 11) is 0. The van der Waals surface area contributed by atoms with Crippen molar-refractivity contribution in [1.29, 1.82) is 0 Å². The van der Waals surface area contributed by atoms with Crippen LogP contribution in [0, 0.1) is 11.2 Å². The average Bonchev–Trinajstić information content (AvgIpc) is 2.24. The molecule has 0 aliphatic heterocycles. The van der Waals surface area contributed by atoms with Crippen LogP contribution in [0.1, 0.15) is 38.9 Å². The van der Waals surface area contributed by atoms with Crippen molar-refractivity contribution in [2.24, 2.45) is 5.41 Å². The Hall–Kier alpha value is -0.410. The zero-order valence-corrected chi connectivity index (χ0v) is 12.3. The van der Waals surface area contributed by atoms with Crippen molar-refractivity contribution in [3.05, 3.63) is 35.6 Å². The van der Waals surface area contributed by atoms with Gasteiger partial charge in [0.25, 0.3) is 0 Å². The fraction of sp³-hybridized carbons (Fsp3) is 0.571. The van der Waals surface area contributed by atoms with Crippen LogP contribution >= 0.6 is 15.9 Å². The average molecular weight is 303 g/mol. The first-order chi connectivity index (χ1) is 7.92. The Bertz CT molecular complexity index is 329. The summed E-state index contributed by atoms with van der Waals surface area (Å²) in [6.45, 7) is 7.29. The van der Waals surface area contributed by atoms with E-state index < -0.39 is 0 Å². The first kappa shape index (κ1) is 14.7. The number of hydrogen-bond donors (Lipinski definition) is 0. The van der Waals surface area contributed by atoms with E-state index in [0.717, 1.165) is 23.9 Å². The Morgan fingerprint density at radius 1 is 1.24 bits per heavy atom. The molecule has 0 aliphatic carbocycles. The number of halogens is 2. The lowest BCUT2D eigenvalue weighted by atomic mass is 9.93. The fourth-order valence-corrected chi connectivity index (χ4v) is 1.98. The molecule has 1 nitrogen and oxygen atoms in total. The molecular formula is C14H20BrFO. The minimum absolute atomic E-state index is 0.00190. The Labute approximate surface area is 111 Å². The molecule has 0 fully saturated rings. The van der Waals surface area contributed by atoms with Crippen molar-refractivity contribution in [2.75, 3.05) is 11.9 Å². The van der Waals surface area contributed by atoms with Crippen LogP contribution in [0.5, 0.6) is 0 Å². The summed E-state index contributed by atoms with van der Waals surface area (Å²) < 4.78 is 18.6. The van der Waals surface area contributed by atoms with E-state index in [1.807, 2.05) is 0 Å². The van der Waals surface area contributed by atoms with Crippen molar-refractivity contribution in [1.82, 2.24) is 0 Å². The summed E-state index contributed by atoms with van der Waals surface area (Å²) in [4.78, 5) is 0. The minimum atomic E-state index is -0.211. The summed E-state index contributed by atoms with van der Waals surface area (Å²) in [6.07, 6.45) is 1.01. The monoisotopic (exact) mass is 302 g/mol. The Kier molecular flexibility index (Phi) is 5.60. The van der Waals surface area contributed by atoms with Crippen LogP contribution < -0.4 is 0 Å². The third-order valence-electron chi connectivity index (χ3n) is 2.55. The van der Waals surface area contributed by atoms with E-state index in [0.29, 0.717) is 0 Å². The van der Waals surface area contributed by atoms with Gasteiger partial charge in [-0.3, -0.25) is 0 Å². The maximum absolute atomic E-state index is 12.8. The van der Waals surface area contributed by atoms with Gasteiger partial charge >= 0.3 is 0 Å². The predicted molar refractivity (Wildman–Crippen MR) is 73.0 cm³/mol. The maximum atomic E-state index is 12.8. The molecule has 0 saturated carbocycles. The van der Waals surface area contributed by atoms with Gasteiger partial charge in [-0.2, -0.15) is 0 Å². The highest BCUT2D eigenvalue weighted by molar-refractivity contribution is 9.09. The molecule has 96 valence electrons. The van der Waals surface area contributed by atoms with Gasteiger partial charge in [0.2, 0.25) is 0 Å². The highest BCUT2D eigenvalue weighted by Crippen LogP contribution is 2.23. The quantitative estimate of drug-likeness (QED) is 0.716. The van der Waals surface area contributed by atoms with Gasteiger partial charge in [-0.05, 0) is 29.5 Å². The number of rotatable bonds is 5. The van der Waals surface area contributed by atoms with Gasteiger partial charge in [0.05, 0.1) is 6.10 Å². The normalized spacial score (nSPS) is 13.7. The summed E-state index contributed by atoms with van der Waals surface area (Å²) in [6, 6.07) is 6.49. The third-order valence-corrected chi connectivity index (χ3v) is 3.14. The highest BCUT2D eigenvalue weighted by Gasteiger charge is 2.14. The smallest absolute Gasteiger partial charge is 0.123 e. The van der Waals surface area contributed by atoms with E-state index in [1.165, 1.54) is 12.1 Å². The fourth-order valence-electron chi connectivity index (χ4n) is 1.41. The molecule has 0 saturated heterocycles. The standard InChI is InChI=1S/C14H20BrFO/c1-14(2,3)8-9-17-13(10-15)11-4-6-12(16)7-5-11/h4-7,13H,8-10H2,1-3H3. The van der Waals surface area contributed by atoms with Crippen molar-refractivity contribution in [3.63, 3.8) is 0 Å². The van der Waals surface area contributed by atoms with Gasteiger partial charge in [-0.1, -0.05) is 48.8 Å². The molecule has 3 heteroatoms. The van der Waals surface area contributed by atoms with Crippen LogP contribution in [-0.2, 0) is 4.74 Å². The van der Waals surface area contributed by atoms with E-state index in [-0.39, 0.29) is 17.3 Å². The third kappa shape index (κ3) is 5.64. The Morgan fingerprint density at radius 3 is 2.29 bits per heavy atom. The molecule has 0 spiro atoms. The second kappa shape index (κ2) is 6.50. The van der Waals surface area contributed by atoms with E-state index in [2.05, 4.69) is 36.7 Å². The number of ether oxygens (including phenoxy) is 1. The summed E-state index contributed by atoms with van der Waals surface area (Å²) in [5.74, 6) is -0.211. The molecule has 1 aromatic rings. The maximum Gasteiger partial charge on any atom is 0.123 e. The van der Waals surface area contributed by atoms with Crippen molar-refractivity contribution in [3.8, 4) is 0 Å². The topological polar surface area (TPSA) is 9.23 Å². The minimum Gasteiger partial charge on any atom is -0.373 e. The lowest BCUT2D eigenvalue weighted by Gasteiger charge is -2.21. The number of alkyl halides is 1. The molecule has 0 aliphatic rings. The van der Waals surface area contributed by atoms with Gasteiger partial charge in [0.15, 0.2) is 0 Å². The van der Waals surface area contributed by atoms with Crippen LogP contribution in [0.4, 0.5) is 4.39 Å². The second-order valence-electron chi connectivity index (χ2n) is 5.38. The Morgan fingerprint density at radius 2 is 1.82 bits per heavy atom. The zero-order chi connectivity index (χ0) is 12.9. The van der Waals surface area contributed by atoms with Gasteiger partial charge in [0, 0.05) is 11.9 Å². The van der Waals surface area contributed by atoms with E-state index in [1.54, 1.807) is 12.1 Å². The molecule has 1 unspecified atom stereocenters. The van der Waals surface area contributed by atoms with Crippen molar-refractivity contribution in [2.45, 2.75) is 33.3 Å². The molecule has 0 N–H and O–H groups in total. The van der Waals surface area contributed by atoms with Gasteiger partial charge in [-0.25, -0.2) is 4.39 Å². The number of hydrogen-bond acceptors (Lipinski definition) is 1. The number of benzene rings is 1. The van der Waals surface area contributed by atoms with E-state index >= 15 is 0 Å². The van der Waals surface area contributed by atoms with Gasteiger partial charge < -0.3 is 4.74 Å². The first-order valence-electron chi connectivity index (χ1n) is 5.85. The lowest BCUT2D eigenvalue weighted by molar-refractivity contribution is 0.0521. The molecular weight excluding hydrogens is 283 g/mol. The molecule has 1 aromatic carbocycles. The largest absolute Gasteiger partial charge is 0.373 e. The van der Waals surface area contributed by atoms with Gasteiger partial charge in [0.1, 0.15) is 5.82 Å². The first-order valence-corrected chi connectivity index (χ1v) is 6.97. The molecule has 1 atom stereocenters. The van der Waals surface area contributed by atoms with Gasteiger partial charge in [-0.15, -0.1) is 0 Å². The van der Waals surface area contributed by atoms with E-state index in [9.17, 15) is 4.39 Å². The van der Waals surface area contributed by atoms with Crippen LogP contribution in [0.2, 0.25) is 0 Å². The molecule has 0 aromatic heterocycles. The van der Waals surface area contributed by atoms with Crippen LogP contribution in [0.3, 0.4) is 0 Å². The van der Waals surface area contributed by atoms with Crippen LogP contribution in [0.15, 0.2) is 24.3 Å². The Balaban J connectivity index is 2.51. The zero-order valence-electron chi connectivity index (χ0n) is 10.7. The molecule has 0 heterocycles. The summed E-state index contributed by atoms with van der Waals surface area (Å²) in [5, 5.41) is 0.725. The highest BCUT2D eigenvalue weighted by atomic mass is 79.9. The van der Waals surface area contributed by atoms with Crippen LogP contribution in [0.25, 0.3) is 0 Å². The molecule has 0 radical (unpaired) electrons. The van der Waals surface area contributed by atoms with E-state index in [4.69, 9.17) is 4.74 Å². The lowest BCUT2D eigenvalue weighted by Crippen LogP contribution is -2.13. The predicted octanol–water partition coefficient (Wildman–Crippen LogP) is 4.71. The summed E-state index contributed by atoms with van der Waals surface area (Å²) in [5.41, 5.74) is 1.29.